The number of nitrogens with one attached hydrogen (secondary N) is 3. The van der Waals surface area contributed by atoms with Crippen LogP contribution in [0.15, 0.2) is 47.4 Å². The Kier molecular flexibility index (Phi) is 6.57. The van der Waals surface area contributed by atoms with E-state index in [1.165, 1.54) is 17.3 Å². The van der Waals surface area contributed by atoms with Gasteiger partial charge in [-0.05, 0) is 48.2 Å². The zero-order valence-corrected chi connectivity index (χ0v) is 20.2. The molecule has 1 aliphatic heterocycles. The quantitative estimate of drug-likeness (QED) is 0.326. The maximum absolute atomic E-state index is 12.9. The molecule has 11 heteroatoms. The van der Waals surface area contributed by atoms with Gasteiger partial charge in [-0.3, -0.25) is 10.4 Å². The van der Waals surface area contributed by atoms with Gasteiger partial charge >= 0.3 is 5.69 Å². The van der Waals surface area contributed by atoms with Crippen molar-refractivity contribution in [2.45, 2.75) is 12.8 Å². The monoisotopic (exact) mass is 511 g/mol. The topological polar surface area (TPSA) is 123 Å². The molecule has 0 saturated carbocycles. The summed E-state index contributed by atoms with van der Waals surface area (Å²) in [5.74, 6) is 0.302. The number of nitrogens with zero attached hydrogens (tertiary/aromatic N) is 4. The minimum Gasteiger partial charge on any atom is -0.395 e. The number of hydrogen-bond acceptors (Lipinski definition) is 7. The van der Waals surface area contributed by atoms with Crippen LogP contribution in [0.25, 0.3) is 16.7 Å². The maximum atomic E-state index is 12.9. The van der Waals surface area contributed by atoms with Crippen molar-refractivity contribution in [2.75, 3.05) is 31.6 Å². The standard InChI is InChI=1S/C24H23Cl2N7O2/c25-18-2-1-3-19(26)20(18)33-21(27)17-13-28-23(30-22(17)31-24(33)35)29-16-5-4-14-6-8-32(10-11-34)9-7-15(14)12-16/h1-5,12-13,27,34H,6-11H2,(H2,28,29,30,31,35). The Morgan fingerprint density at radius 1 is 1.11 bits per heavy atom. The molecule has 0 radical (unpaired) electrons. The lowest BCUT2D eigenvalue weighted by Gasteiger charge is -2.17. The van der Waals surface area contributed by atoms with Gasteiger partial charge in [-0.25, -0.2) is 14.3 Å². The SMILES string of the molecule is N=c1c2cnc(Nc3ccc4c(c3)CCN(CCO)CC4)nc2[nH]c(=O)n1-c1c(Cl)cccc1Cl. The van der Waals surface area contributed by atoms with Crippen LogP contribution in [-0.2, 0) is 12.8 Å². The zero-order valence-electron chi connectivity index (χ0n) is 18.7. The number of benzene rings is 2. The number of aliphatic hydroxyl groups is 1. The van der Waals surface area contributed by atoms with Gasteiger partial charge in [0.2, 0.25) is 5.95 Å². The van der Waals surface area contributed by atoms with Crippen LogP contribution in [0.3, 0.4) is 0 Å². The molecule has 0 spiro atoms. The Morgan fingerprint density at radius 3 is 2.60 bits per heavy atom. The Balaban J connectivity index is 1.46. The minimum atomic E-state index is -0.584. The van der Waals surface area contributed by atoms with Crippen LogP contribution in [0.5, 0.6) is 0 Å². The van der Waals surface area contributed by atoms with Crippen molar-refractivity contribution in [1.29, 1.82) is 5.41 Å². The van der Waals surface area contributed by atoms with E-state index < -0.39 is 5.69 Å². The third kappa shape index (κ3) is 4.68. The molecule has 3 heterocycles. The average Bonchev–Trinajstić information content (AvgIpc) is 3.03. The molecule has 2 aromatic heterocycles. The summed E-state index contributed by atoms with van der Waals surface area (Å²) in [6, 6.07) is 11.0. The smallest absolute Gasteiger partial charge is 0.333 e. The third-order valence-corrected chi connectivity index (χ3v) is 6.74. The second kappa shape index (κ2) is 9.79. The molecule has 35 heavy (non-hydrogen) atoms. The maximum Gasteiger partial charge on any atom is 0.333 e. The van der Waals surface area contributed by atoms with E-state index in [0.717, 1.165) is 36.2 Å². The highest BCUT2D eigenvalue weighted by molar-refractivity contribution is 6.37. The van der Waals surface area contributed by atoms with Crippen molar-refractivity contribution >= 4 is 45.9 Å². The molecule has 0 unspecified atom stereocenters. The molecule has 0 atom stereocenters. The Morgan fingerprint density at radius 2 is 1.86 bits per heavy atom. The van der Waals surface area contributed by atoms with Gasteiger partial charge in [0.15, 0.2) is 5.65 Å². The Hall–Kier alpha value is -3.24. The highest BCUT2D eigenvalue weighted by Crippen LogP contribution is 2.27. The van der Waals surface area contributed by atoms with Crippen molar-refractivity contribution in [3.05, 3.63) is 79.7 Å². The summed E-state index contributed by atoms with van der Waals surface area (Å²) in [5.41, 5.74) is 3.13. The van der Waals surface area contributed by atoms with E-state index in [0.29, 0.717) is 17.9 Å². The van der Waals surface area contributed by atoms with Gasteiger partial charge in [-0.15, -0.1) is 0 Å². The Labute approximate surface area is 210 Å². The number of fused-ring (bicyclic) bond motifs is 2. The van der Waals surface area contributed by atoms with Crippen LogP contribution < -0.4 is 16.5 Å². The van der Waals surface area contributed by atoms with Crippen LogP contribution in [0.2, 0.25) is 10.0 Å². The first-order valence-corrected chi connectivity index (χ1v) is 11.9. The van der Waals surface area contributed by atoms with Crippen molar-refractivity contribution < 1.29 is 5.11 Å². The van der Waals surface area contributed by atoms with E-state index in [1.54, 1.807) is 18.2 Å². The fourth-order valence-electron chi connectivity index (χ4n) is 4.35. The molecule has 5 rings (SSSR count). The van der Waals surface area contributed by atoms with Crippen LogP contribution in [-0.4, -0.2) is 55.8 Å². The molecule has 4 N–H and O–H groups in total. The lowest BCUT2D eigenvalue weighted by molar-refractivity contribution is 0.201. The molecule has 9 nitrogen and oxygen atoms in total. The van der Waals surface area contributed by atoms with Gasteiger partial charge in [-0.2, -0.15) is 4.98 Å². The molecule has 1 aliphatic rings. The van der Waals surface area contributed by atoms with E-state index in [4.69, 9.17) is 28.6 Å². The van der Waals surface area contributed by atoms with E-state index in [9.17, 15) is 9.90 Å². The summed E-state index contributed by atoms with van der Waals surface area (Å²) in [6.45, 7) is 2.67. The third-order valence-electron chi connectivity index (χ3n) is 6.13. The first-order chi connectivity index (χ1) is 16.9. The summed E-state index contributed by atoms with van der Waals surface area (Å²) in [7, 11) is 0. The van der Waals surface area contributed by atoms with Gasteiger partial charge in [0.05, 0.1) is 27.7 Å². The number of halogens is 2. The van der Waals surface area contributed by atoms with E-state index in [2.05, 4.69) is 37.3 Å². The number of H-pyrrole nitrogens is 1. The first-order valence-electron chi connectivity index (χ1n) is 11.2. The van der Waals surface area contributed by atoms with Gasteiger partial charge in [-0.1, -0.05) is 35.3 Å². The zero-order chi connectivity index (χ0) is 24.5. The Bertz CT molecular complexity index is 1510. The van der Waals surface area contributed by atoms with E-state index in [1.807, 2.05) is 6.07 Å². The van der Waals surface area contributed by atoms with Crippen LogP contribution in [0.1, 0.15) is 11.1 Å². The van der Waals surface area contributed by atoms with Crippen LogP contribution in [0, 0.1) is 5.41 Å². The number of aromatic nitrogens is 4. The first kappa shape index (κ1) is 23.5. The number of para-hydroxylation sites is 1. The second-order valence-corrected chi connectivity index (χ2v) is 9.13. The number of anilines is 2. The van der Waals surface area contributed by atoms with Crippen molar-refractivity contribution in [3.8, 4) is 5.69 Å². The largest absolute Gasteiger partial charge is 0.395 e. The predicted octanol–water partition coefficient (Wildman–Crippen LogP) is 3.03. The number of hydrogen-bond donors (Lipinski definition) is 4. The molecule has 4 aromatic rings. The van der Waals surface area contributed by atoms with E-state index >= 15 is 0 Å². The van der Waals surface area contributed by atoms with Crippen molar-refractivity contribution in [3.63, 3.8) is 0 Å². The summed E-state index contributed by atoms with van der Waals surface area (Å²) >= 11 is 12.5. The van der Waals surface area contributed by atoms with Gasteiger partial charge < -0.3 is 15.3 Å². The molecular formula is C24H23Cl2N7O2. The van der Waals surface area contributed by atoms with Crippen LogP contribution in [0.4, 0.5) is 11.6 Å². The number of aliphatic hydroxyl groups excluding tert-OH is 1. The molecule has 0 saturated heterocycles. The molecule has 2 aromatic carbocycles. The normalized spacial score (nSPS) is 14.0. The summed E-state index contributed by atoms with van der Waals surface area (Å²) < 4.78 is 1.11. The van der Waals surface area contributed by atoms with Crippen molar-refractivity contribution in [2.24, 2.45) is 0 Å². The van der Waals surface area contributed by atoms with E-state index in [-0.39, 0.29) is 33.5 Å². The lowest BCUT2D eigenvalue weighted by atomic mass is 10.0. The van der Waals surface area contributed by atoms with Crippen molar-refractivity contribution in [1.82, 2.24) is 24.4 Å². The molecule has 0 bridgehead atoms. The number of rotatable bonds is 5. The fraction of sp³-hybridized carbons (Fsp3) is 0.250. The highest BCUT2D eigenvalue weighted by atomic mass is 35.5. The molecule has 0 fully saturated rings. The number of β-amino-alcohol motifs (C(OH)–C–C–N with tert-alkyl or cyclic N) is 1. The van der Waals surface area contributed by atoms with Gasteiger partial charge in [0.1, 0.15) is 5.49 Å². The second-order valence-electron chi connectivity index (χ2n) is 8.31. The van der Waals surface area contributed by atoms with Crippen LogP contribution >= 0.6 is 23.2 Å². The number of aromatic amines is 1. The summed E-state index contributed by atoms with van der Waals surface area (Å²) in [4.78, 5) is 26.6. The van der Waals surface area contributed by atoms with Gasteiger partial charge in [0.25, 0.3) is 0 Å². The summed E-state index contributed by atoms with van der Waals surface area (Å²) in [5, 5.41) is 21.9. The molecular weight excluding hydrogens is 489 g/mol. The average molecular weight is 512 g/mol. The minimum absolute atomic E-state index is 0.122. The lowest BCUT2D eigenvalue weighted by Crippen LogP contribution is -2.34. The molecule has 0 amide bonds. The predicted molar refractivity (Wildman–Crippen MR) is 136 cm³/mol. The highest BCUT2D eigenvalue weighted by Gasteiger charge is 2.16. The molecule has 0 aliphatic carbocycles. The fourth-order valence-corrected chi connectivity index (χ4v) is 4.92. The van der Waals surface area contributed by atoms with Gasteiger partial charge in [0, 0.05) is 31.5 Å². The molecule has 180 valence electrons. The summed E-state index contributed by atoms with van der Waals surface area (Å²) in [6.07, 6.45) is 3.31.